The lowest BCUT2D eigenvalue weighted by Gasteiger charge is -2.29. The molecule has 0 bridgehead atoms. The summed E-state index contributed by atoms with van der Waals surface area (Å²) in [6.45, 7) is 3.65. The van der Waals surface area contributed by atoms with Crippen LogP contribution < -0.4 is 5.73 Å². The Morgan fingerprint density at radius 3 is 2.45 bits per heavy atom. The molecule has 1 aliphatic carbocycles. The highest BCUT2D eigenvalue weighted by Gasteiger charge is 2.37. The van der Waals surface area contributed by atoms with Crippen molar-refractivity contribution in [3.05, 3.63) is 29.3 Å². The summed E-state index contributed by atoms with van der Waals surface area (Å²) >= 11 is 0. The quantitative estimate of drug-likeness (QED) is 0.827. The Morgan fingerprint density at radius 2 is 2.00 bits per heavy atom. The highest BCUT2D eigenvalue weighted by Crippen LogP contribution is 2.31. The Hall–Kier alpha value is -1.27. The van der Waals surface area contributed by atoms with Crippen LogP contribution in [0.25, 0.3) is 0 Å². The van der Waals surface area contributed by atoms with Gasteiger partial charge in [-0.3, -0.25) is 4.79 Å². The fourth-order valence-corrected chi connectivity index (χ4v) is 3.59. The van der Waals surface area contributed by atoms with Crippen molar-refractivity contribution in [1.82, 2.24) is 4.90 Å². The molecule has 1 fully saturated rings. The number of aryl methyl sites for hydroxylation is 1. The number of halogens is 1. The Bertz CT molecular complexity index is 657. The minimum absolute atomic E-state index is 0. The van der Waals surface area contributed by atoms with E-state index in [1.807, 2.05) is 6.92 Å². The lowest BCUT2D eigenvalue weighted by Crippen LogP contribution is -2.43. The molecule has 0 aromatic heterocycles. The summed E-state index contributed by atoms with van der Waals surface area (Å²) in [6.07, 6.45) is 3.08. The van der Waals surface area contributed by atoms with Crippen molar-refractivity contribution >= 4 is 33.8 Å². The topological polar surface area (TPSA) is 80.5 Å². The number of sulfone groups is 1. The number of hydrogen-bond acceptors (Lipinski definition) is 4. The number of nitrogen functional groups attached to an aromatic ring is 1. The van der Waals surface area contributed by atoms with Crippen molar-refractivity contribution in [3.8, 4) is 0 Å². The summed E-state index contributed by atoms with van der Waals surface area (Å²) in [5, 5.41) is 0. The molecule has 1 aromatic carbocycles. The standard InChI is InChI=1S/C15H22N2O3S.ClH/c1-10-8-12(4-7-14(10)16)15(18)17(13-5-6-13)11(2)9-21(3,19)20;/h4,7-8,11,13H,5-6,9,16H2,1-3H3;1H. The second-order valence-corrected chi connectivity index (χ2v) is 8.14. The first kappa shape index (κ1) is 18.8. The molecule has 0 aliphatic heterocycles. The van der Waals surface area contributed by atoms with Gasteiger partial charge in [0.1, 0.15) is 9.84 Å². The van der Waals surface area contributed by atoms with Crippen LogP contribution >= 0.6 is 12.4 Å². The first-order valence-corrected chi connectivity index (χ1v) is 9.11. The normalized spacial score (nSPS) is 15.8. The van der Waals surface area contributed by atoms with Gasteiger partial charge in [-0.15, -0.1) is 12.4 Å². The van der Waals surface area contributed by atoms with Gasteiger partial charge in [0.25, 0.3) is 5.91 Å². The van der Waals surface area contributed by atoms with Crippen molar-refractivity contribution in [2.45, 2.75) is 38.8 Å². The first-order valence-electron chi connectivity index (χ1n) is 7.05. The highest BCUT2D eigenvalue weighted by molar-refractivity contribution is 7.90. The fourth-order valence-electron chi connectivity index (χ4n) is 2.55. The molecule has 2 rings (SSSR count). The van der Waals surface area contributed by atoms with E-state index in [2.05, 4.69) is 0 Å². The zero-order chi connectivity index (χ0) is 15.8. The summed E-state index contributed by atoms with van der Waals surface area (Å²) in [6, 6.07) is 5.02. The summed E-state index contributed by atoms with van der Waals surface area (Å²) in [5.41, 5.74) is 7.84. The van der Waals surface area contributed by atoms with E-state index in [1.54, 1.807) is 30.0 Å². The van der Waals surface area contributed by atoms with Crippen molar-refractivity contribution in [2.24, 2.45) is 0 Å². The highest BCUT2D eigenvalue weighted by atomic mass is 35.5. The van der Waals surface area contributed by atoms with Gasteiger partial charge in [-0.2, -0.15) is 0 Å². The number of carbonyl (C=O) groups is 1. The van der Waals surface area contributed by atoms with E-state index in [0.29, 0.717) is 11.3 Å². The van der Waals surface area contributed by atoms with Gasteiger partial charge in [-0.05, 0) is 50.5 Å². The van der Waals surface area contributed by atoms with Gasteiger partial charge in [0.2, 0.25) is 0 Å². The fraction of sp³-hybridized carbons (Fsp3) is 0.533. The van der Waals surface area contributed by atoms with E-state index in [9.17, 15) is 13.2 Å². The van der Waals surface area contributed by atoms with Crippen LogP contribution in [0.5, 0.6) is 0 Å². The van der Waals surface area contributed by atoms with Crippen LogP contribution in [0.1, 0.15) is 35.7 Å². The van der Waals surface area contributed by atoms with Crippen LogP contribution in [-0.4, -0.2) is 43.3 Å². The SMILES string of the molecule is Cc1cc(C(=O)N(C(C)CS(C)(=O)=O)C2CC2)ccc1N.Cl. The molecule has 2 N–H and O–H groups in total. The molecular weight excluding hydrogens is 324 g/mol. The molecule has 7 heteroatoms. The molecule has 5 nitrogen and oxygen atoms in total. The van der Waals surface area contributed by atoms with E-state index in [0.717, 1.165) is 18.4 Å². The molecule has 0 spiro atoms. The third kappa shape index (κ3) is 4.61. The third-order valence-corrected chi connectivity index (χ3v) is 4.80. The van der Waals surface area contributed by atoms with E-state index in [1.165, 1.54) is 6.26 Å². The van der Waals surface area contributed by atoms with Crippen LogP contribution in [0.3, 0.4) is 0 Å². The average Bonchev–Trinajstić information content (AvgIpc) is 3.15. The predicted octanol–water partition coefficient (Wildman–Crippen LogP) is 2.04. The third-order valence-electron chi connectivity index (χ3n) is 3.71. The predicted molar refractivity (Wildman–Crippen MR) is 91.2 cm³/mol. The van der Waals surface area contributed by atoms with E-state index >= 15 is 0 Å². The maximum Gasteiger partial charge on any atom is 0.254 e. The van der Waals surface area contributed by atoms with E-state index < -0.39 is 9.84 Å². The van der Waals surface area contributed by atoms with E-state index in [-0.39, 0.29) is 36.2 Å². The summed E-state index contributed by atoms with van der Waals surface area (Å²) in [7, 11) is -3.12. The van der Waals surface area contributed by atoms with E-state index in [4.69, 9.17) is 5.73 Å². The largest absolute Gasteiger partial charge is 0.399 e. The van der Waals surface area contributed by atoms with Crippen molar-refractivity contribution in [1.29, 1.82) is 0 Å². The molecule has 0 radical (unpaired) electrons. The van der Waals surface area contributed by atoms with Crippen molar-refractivity contribution in [2.75, 3.05) is 17.7 Å². The Balaban J connectivity index is 0.00000242. The van der Waals surface area contributed by atoms with Gasteiger partial charge < -0.3 is 10.6 Å². The number of benzene rings is 1. The second kappa shape index (κ2) is 6.87. The number of amides is 1. The maximum atomic E-state index is 12.7. The molecule has 124 valence electrons. The molecule has 1 unspecified atom stereocenters. The molecular formula is C15H23ClN2O3S. The zero-order valence-electron chi connectivity index (χ0n) is 13.1. The van der Waals surface area contributed by atoms with Gasteiger partial charge >= 0.3 is 0 Å². The van der Waals surface area contributed by atoms with Gasteiger partial charge in [-0.25, -0.2) is 8.42 Å². The van der Waals surface area contributed by atoms with Gasteiger partial charge in [0.05, 0.1) is 5.75 Å². The number of nitrogens with two attached hydrogens (primary N) is 1. The lowest BCUT2D eigenvalue weighted by atomic mass is 10.1. The molecule has 1 amide bonds. The number of nitrogens with zero attached hydrogens (tertiary/aromatic N) is 1. The molecule has 1 atom stereocenters. The lowest BCUT2D eigenvalue weighted by molar-refractivity contribution is 0.0692. The minimum atomic E-state index is -3.12. The monoisotopic (exact) mass is 346 g/mol. The molecule has 0 saturated heterocycles. The summed E-state index contributed by atoms with van der Waals surface area (Å²) in [4.78, 5) is 14.4. The number of carbonyl (C=O) groups excluding carboxylic acids is 1. The second-order valence-electron chi connectivity index (χ2n) is 5.96. The van der Waals surface area contributed by atoms with Gasteiger partial charge in [0.15, 0.2) is 0 Å². The molecule has 22 heavy (non-hydrogen) atoms. The Morgan fingerprint density at radius 1 is 1.41 bits per heavy atom. The minimum Gasteiger partial charge on any atom is -0.399 e. The van der Waals surface area contributed by atoms with Crippen LogP contribution in [-0.2, 0) is 9.84 Å². The molecule has 0 heterocycles. The van der Waals surface area contributed by atoms with Crippen molar-refractivity contribution in [3.63, 3.8) is 0 Å². The zero-order valence-corrected chi connectivity index (χ0v) is 14.7. The van der Waals surface area contributed by atoms with Crippen molar-refractivity contribution < 1.29 is 13.2 Å². The van der Waals surface area contributed by atoms with Crippen LogP contribution in [0, 0.1) is 6.92 Å². The number of rotatable bonds is 5. The van der Waals surface area contributed by atoms with Gasteiger partial charge in [-0.1, -0.05) is 0 Å². The van der Waals surface area contributed by atoms with Crippen LogP contribution in [0.2, 0.25) is 0 Å². The summed E-state index contributed by atoms with van der Waals surface area (Å²) in [5.74, 6) is -0.125. The maximum absolute atomic E-state index is 12.7. The first-order chi connectivity index (χ1) is 9.69. The molecule has 1 aliphatic rings. The number of hydrogen-bond donors (Lipinski definition) is 1. The summed E-state index contributed by atoms with van der Waals surface area (Å²) < 4.78 is 23.0. The van der Waals surface area contributed by atoms with Crippen LogP contribution in [0.15, 0.2) is 18.2 Å². The molecule has 1 aromatic rings. The number of anilines is 1. The van der Waals surface area contributed by atoms with Gasteiger partial charge in [0, 0.05) is 29.6 Å². The molecule has 1 saturated carbocycles. The Kier molecular flexibility index (Phi) is 5.87. The Labute approximate surface area is 138 Å². The van der Waals surface area contributed by atoms with Crippen LogP contribution in [0.4, 0.5) is 5.69 Å². The average molecular weight is 347 g/mol. The smallest absolute Gasteiger partial charge is 0.254 e.